The van der Waals surface area contributed by atoms with Gasteiger partial charge in [0, 0.05) is 14.0 Å². The lowest BCUT2D eigenvalue weighted by Gasteiger charge is -2.11. The largest absolute Gasteiger partial charge is 0.370 e. The summed E-state index contributed by atoms with van der Waals surface area (Å²) in [6, 6.07) is 0. The van der Waals surface area contributed by atoms with Crippen molar-refractivity contribution >= 4 is 17.8 Å². The molecule has 0 aromatic rings. The molecule has 2 amide bonds. The van der Waals surface area contributed by atoms with Gasteiger partial charge < -0.3 is 22.1 Å². The highest BCUT2D eigenvalue weighted by Gasteiger charge is 2.16. The molecule has 0 radical (unpaired) electrons. The predicted molar refractivity (Wildman–Crippen MR) is 47.5 cm³/mol. The fourth-order valence-electron chi connectivity index (χ4n) is 0.635. The first-order valence-electron chi connectivity index (χ1n) is 3.54. The van der Waals surface area contributed by atoms with Crippen molar-refractivity contribution in [1.29, 1.82) is 0 Å². The monoisotopic (exact) mass is 187 g/mol. The van der Waals surface area contributed by atoms with E-state index in [1.165, 1.54) is 14.0 Å². The summed E-state index contributed by atoms with van der Waals surface area (Å²) in [6.07, 6.45) is -1.06. The molecule has 1 atom stereocenters. The van der Waals surface area contributed by atoms with Gasteiger partial charge in [-0.15, -0.1) is 0 Å². The van der Waals surface area contributed by atoms with Crippen LogP contribution in [-0.2, 0) is 9.59 Å². The molecule has 0 saturated heterocycles. The number of amides is 2. The molecule has 0 spiro atoms. The van der Waals surface area contributed by atoms with Gasteiger partial charge in [-0.25, -0.2) is 4.99 Å². The molecule has 0 fully saturated rings. The van der Waals surface area contributed by atoms with Crippen LogP contribution in [0.25, 0.3) is 0 Å². The van der Waals surface area contributed by atoms with Gasteiger partial charge in [-0.1, -0.05) is 0 Å². The summed E-state index contributed by atoms with van der Waals surface area (Å²) in [5.74, 6) is -1.13. The number of hydrogen-bond acceptors (Lipinski definition) is 3. The molecule has 74 valence electrons. The van der Waals surface area contributed by atoms with Gasteiger partial charge in [0.1, 0.15) is 0 Å². The van der Waals surface area contributed by atoms with Crippen molar-refractivity contribution in [2.24, 2.45) is 16.5 Å². The Kier molecular flexibility index (Phi) is 4.28. The molecule has 0 heterocycles. The second kappa shape index (κ2) is 4.96. The summed E-state index contributed by atoms with van der Waals surface area (Å²) >= 11 is 0. The van der Waals surface area contributed by atoms with Crippen LogP contribution >= 0.6 is 0 Å². The van der Waals surface area contributed by atoms with Gasteiger partial charge in [-0.05, 0) is 0 Å². The first-order chi connectivity index (χ1) is 5.97. The van der Waals surface area contributed by atoms with Crippen LogP contribution < -0.4 is 22.1 Å². The van der Waals surface area contributed by atoms with Crippen LogP contribution in [0.3, 0.4) is 0 Å². The van der Waals surface area contributed by atoms with Gasteiger partial charge >= 0.3 is 0 Å². The minimum atomic E-state index is -1.06. The standard InChI is InChI=1S/C6H13N5O2/c1-3(12)10-4(5(13)9-2)11-6(7)8/h4H,1-2H3,(H,9,13)(H,10,12)(H4,7,8,11). The molecule has 6 N–H and O–H groups in total. The second-order valence-electron chi connectivity index (χ2n) is 2.27. The number of carbonyl (C=O) groups excluding carboxylic acids is 2. The van der Waals surface area contributed by atoms with Gasteiger partial charge in [0.05, 0.1) is 0 Å². The molecule has 0 aromatic heterocycles. The van der Waals surface area contributed by atoms with Gasteiger partial charge in [-0.2, -0.15) is 0 Å². The quantitative estimate of drug-likeness (QED) is 0.287. The summed E-state index contributed by atoms with van der Waals surface area (Å²) in [5, 5.41) is 4.57. The number of aliphatic imine (C=N–C) groups is 1. The van der Waals surface area contributed by atoms with E-state index in [4.69, 9.17) is 11.5 Å². The molecule has 13 heavy (non-hydrogen) atoms. The molecule has 0 rings (SSSR count). The zero-order chi connectivity index (χ0) is 10.4. The van der Waals surface area contributed by atoms with E-state index in [9.17, 15) is 9.59 Å². The summed E-state index contributed by atoms with van der Waals surface area (Å²) < 4.78 is 0. The normalized spacial score (nSPS) is 11.2. The number of nitrogens with two attached hydrogens (primary N) is 2. The fraction of sp³-hybridized carbons (Fsp3) is 0.500. The molecule has 0 aromatic carbocycles. The van der Waals surface area contributed by atoms with E-state index in [0.29, 0.717) is 0 Å². The third-order valence-corrected chi connectivity index (χ3v) is 1.11. The van der Waals surface area contributed by atoms with Crippen molar-refractivity contribution in [2.45, 2.75) is 13.1 Å². The molecule has 0 saturated carbocycles. The number of nitrogens with one attached hydrogen (secondary N) is 2. The van der Waals surface area contributed by atoms with Crippen molar-refractivity contribution in [3.8, 4) is 0 Å². The Morgan fingerprint density at radius 3 is 2.23 bits per heavy atom. The van der Waals surface area contributed by atoms with Crippen LogP contribution in [0.15, 0.2) is 4.99 Å². The van der Waals surface area contributed by atoms with Crippen LogP contribution in [0.5, 0.6) is 0 Å². The predicted octanol–water partition coefficient (Wildman–Crippen LogP) is -2.53. The Hall–Kier alpha value is -1.79. The lowest BCUT2D eigenvalue weighted by atomic mass is 10.4. The molecule has 1 unspecified atom stereocenters. The summed E-state index contributed by atoms with van der Waals surface area (Å²) in [4.78, 5) is 25.2. The van der Waals surface area contributed by atoms with Gasteiger partial charge in [0.2, 0.25) is 12.1 Å². The second-order valence-corrected chi connectivity index (χ2v) is 2.27. The highest BCUT2D eigenvalue weighted by Crippen LogP contribution is 1.85. The molecule has 0 bridgehead atoms. The highest BCUT2D eigenvalue weighted by atomic mass is 16.2. The van der Waals surface area contributed by atoms with E-state index < -0.39 is 18.0 Å². The van der Waals surface area contributed by atoms with Crippen molar-refractivity contribution in [2.75, 3.05) is 7.05 Å². The average Bonchev–Trinajstić information content (AvgIpc) is 2.00. The molecule has 0 aliphatic carbocycles. The van der Waals surface area contributed by atoms with Crippen molar-refractivity contribution in [3.05, 3.63) is 0 Å². The number of carbonyl (C=O) groups is 2. The molecule has 0 aliphatic heterocycles. The maximum atomic E-state index is 11.0. The number of guanidine groups is 1. The Morgan fingerprint density at radius 2 is 1.92 bits per heavy atom. The van der Waals surface area contributed by atoms with Crippen LogP contribution in [-0.4, -0.2) is 31.0 Å². The van der Waals surface area contributed by atoms with Gasteiger partial charge in [0.25, 0.3) is 5.91 Å². The molecule has 0 aliphatic rings. The number of likely N-dealkylation sites (N-methyl/N-ethyl adjacent to an activating group) is 1. The molecule has 7 heteroatoms. The van der Waals surface area contributed by atoms with E-state index in [0.717, 1.165) is 0 Å². The maximum Gasteiger partial charge on any atom is 0.265 e. The Labute approximate surface area is 75.6 Å². The third kappa shape index (κ3) is 4.62. The molecule has 7 nitrogen and oxygen atoms in total. The van der Waals surface area contributed by atoms with E-state index in [-0.39, 0.29) is 5.96 Å². The topological polar surface area (TPSA) is 123 Å². The van der Waals surface area contributed by atoms with Crippen molar-refractivity contribution < 1.29 is 9.59 Å². The Balaban J connectivity index is 4.46. The minimum absolute atomic E-state index is 0.262. The lowest BCUT2D eigenvalue weighted by molar-refractivity contribution is -0.127. The van der Waals surface area contributed by atoms with E-state index in [2.05, 4.69) is 15.6 Å². The smallest absolute Gasteiger partial charge is 0.265 e. The number of rotatable bonds is 3. The average molecular weight is 187 g/mol. The highest BCUT2D eigenvalue weighted by molar-refractivity contribution is 5.89. The summed E-state index contributed by atoms with van der Waals surface area (Å²) in [7, 11) is 1.42. The molecular weight excluding hydrogens is 174 g/mol. The number of hydrogen-bond donors (Lipinski definition) is 4. The van der Waals surface area contributed by atoms with Gasteiger partial charge in [-0.3, -0.25) is 9.59 Å². The first kappa shape index (κ1) is 11.2. The number of nitrogens with zero attached hydrogens (tertiary/aromatic N) is 1. The summed E-state index contributed by atoms with van der Waals surface area (Å²) in [5.41, 5.74) is 10.1. The summed E-state index contributed by atoms with van der Waals surface area (Å²) in [6.45, 7) is 1.26. The van der Waals surface area contributed by atoms with E-state index >= 15 is 0 Å². The maximum absolute atomic E-state index is 11.0. The zero-order valence-corrected chi connectivity index (χ0v) is 7.50. The van der Waals surface area contributed by atoms with E-state index in [1.54, 1.807) is 0 Å². The van der Waals surface area contributed by atoms with Crippen molar-refractivity contribution in [1.82, 2.24) is 10.6 Å². The fourth-order valence-corrected chi connectivity index (χ4v) is 0.635. The Bertz CT molecular complexity index is 233. The van der Waals surface area contributed by atoms with Crippen LogP contribution in [0.2, 0.25) is 0 Å². The van der Waals surface area contributed by atoms with E-state index in [1.807, 2.05) is 0 Å². The van der Waals surface area contributed by atoms with Crippen LogP contribution in [0, 0.1) is 0 Å². The minimum Gasteiger partial charge on any atom is -0.370 e. The van der Waals surface area contributed by atoms with Crippen LogP contribution in [0.4, 0.5) is 0 Å². The van der Waals surface area contributed by atoms with Gasteiger partial charge in [0.15, 0.2) is 5.96 Å². The lowest BCUT2D eigenvalue weighted by Crippen LogP contribution is -2.45. The van der Waals surface area contributed by atoms with Crippen molar-refractivity contribution in [3.63, 3.8) is 0 Å². The third-order valence-electron chi connectivity index (χ3n) is 1.11. The van der Waals surface area contributed by atoms with Crippen LogP contribution in [0.1, 0.15) is 6.92 Å². The Morgan fingerprint density at radius 1 is 1.38 bits per heavy atom. The first-order valence-corrected chi connectivity index (χ1v) is 3.54. The SMILES string of the molecule is CNC(=O)C(N=C(N)N)NC(C)=O. The zero-order valence-electron chi connectivity index (χ0n) is 7.50. The molecular formula is C6H13N5O2.